The number of anilines is 1. The third kappa shape index (κ3) is 2.24. The average molecular weight is 333 g/mol. The van der Waals surface area contributed by atoms with Gasteiger partial charge < -0.3 is 10.4 Å². The van der Waals surface area contributed by atoms with Gasteiger partial charge in [0.2, 0.25) is 5.91 Å². The fourth-order valence-corrected chi connectivity index (χ4v) is 2.37. The zero-order valence-corrected chi connectivity index (χ0v) is 11.9. The van der Waals surface area contributed by atoms with Gasteiger partial charge in [-0.3, -0.25) is 9.59 Å². The lowest BCUT2D eigenvalue weighted by Gasteiger charge is -2.13. The molecule has 0 heterocycles. The van der Waals surface area contributed by atoms with Crippen LogP contribution in [0.15, 0.2) is 16.6 Å². The maximum Gasteiger partial charge on any atom is 0.319 e. The number of hydrogen-bond donors (Lipinski definition) is 2. The predicted octanol–water partition coefficient (Wildman–Crippen LogP) is 3.21. The molecule has 0 radical (unpaired) electrons. The number of halogens is 2. The second kappa shape index (κ2) is 4.55. The van der Waals surface area contributed by atoms with Gasteiger partial charge in [0, 0.05) is 9.50 Å². The minimum absolute atomic E-state index is 0.380. The number of aliphatic carboxylic acids is 1. The van der Waals surface area contributed by atoms with Crippen LogP contribution in [0.3, 0.4) is 0 Å². The van der Waals surface area contributed by atoms with Crippen LogP contribution in [0.2, 0.25) is 5.02 Å². The molecule has 1 aliphatic carbocycles. The number of rotatable bonds is 3. The van der Waals surface area contributed by atoms with Gasteiger partial charge in [-0.05, 0) is 53.4 Å². The van der Waals surface area contributed by atoms with Crippen molar-refractivity contribution in [3.63, 3.8) is 0 Å². The Labute approximate surface area is 117 Å². The molecule has 0 atom stereocenters. The minimum atomic E-state index is -1.25. The summed E-state index contributed by atoms with van der Waals surface area (Å²) in [5.74, 6) is -1.56. The number of carboxylic acids is 1. The summed E-state index contributed by atoms with van der Waals surface area (Å²) in [6, 6.07) is 3.38. The van der Waals surface area contributed by atoms with Gasteiger partial charge >= 0.3 is 5.97 Å². The highest BCUT2D eigenvalue weighted by molar-refractivity contribution is 9.10. The number of benzene rings is 1. The monoisotopic (exact) mass is 331 g/mol. The number of nitrogens with one attached hydrogen (secondary N) is 1. The lowest BCUT2D eigenvalue weighted by molar-refractivity contribution is -0.147. The van der Waals surface area contributed by atoms with Gasteiger partial charge in [-0.15, -0.1) is 0 Å². The maximum atomic E-state index is 11.9. The van der Waals surface area contributed by atoms with Crippen molar-refractivity contribution in [3.8, 4) is 0 Å². The summed E-state index contributed by atoms with van der Waals surface area (Å²) in [7, 11) is 0. The van der Waals surface area contributed by atoms with Crippen molar-refractivity contribution < 1.29 is 14.7 Å². The van der Waals surface area contributed by atoms with Crippen LogP contribution in [-0.4, -0.2) is 17.0 Å². The standard InChI is InChI=1S/C12H11BrClNO3/c1-6-4-7(13)9(5-8(6)14)15-10(16)12(2-3-12)11(17)18/h4-5H,2-3H2,1H3,(H,15,16)(H,17,18). The second-order valence-electron chi connectivity index (χ2n) is 4.42. The summed E-state index contributed by atoms with van der Waals surface area (Å²) in [4.78, 5) is 23.0. The van der Waals surface area contributed by atoms with Gasteiger partial charge in [-0.1, -0.05) is 11.6 Å². The molecule has 1 saturated carbocycles. The summed E-state index contributed by atoms with van der Waals surface area (Å²) in [5.41, 5.74) is 0.112. The van der Waals surface area contributed by atoms with Gasteiger partial charge in [0.25, 0.3) is 0 Å². The van der Waals surface area contributed by atoms with Gasteiger partial charge in [0.1, 0.15) is 5.41 Å². The first-order chi connectivity index (χ1) is 8.36. The van der Waals surface area contributed by atoms with E-state index >= 15 is 0 Å². The fourth-order valence-electron chi connectivity index (χ4n) is 1.65. The Hall–Kier alpha value is -1.07. The molecule has 0 saturated heterocycles. The molecule has 1 aromatic carbocycles. The average Bonchev–Trinajstić information content (AvgIpc) is 3.06. The smallest absolute Gasteiger partial charge is 0.319 e. The van der Waals surface area contributed by atoms with Crippen molar-refractivity contribution in [1.82, 2.24) is 0 Å². The molecule has 0 unspecified atom stereocenters. The highest BCUT2D eigenvalue weighted by atomic mass is 79.9. The quantitative estimate of drug-likeness (QED) is 0.835. The molecule has 0 aromatic heterocycles. The molecule has 0 aliphatic heterocycles. The van der Waals surface area contributed by atoms with Crippen LogP contribution < -0.4 is 5.32 Å². The molecule has 6 heteroatoms. The summed E-state index contributed by atoms with van der Waals surface area (Å²) in [6.07, 6.45) is 0.761. The molecule has 96 valence electrons. The van der Waals surface area contributed by atoms with Gasteiger partial charge in [-0.25, -0.2) is 0 Å². The first-order valence-corrected chi connectivity index (χ1v) is 6.54. The van der Waals surface area contributed by atoms with Gasteiger partial charge in [0.05, 0.1) is 5.69 Å². The molecule has 0 bridgehead atoms. The third-order valence-electron chi connectivity index (χ3n) is 3.09. The normalized spacial score (nSPS) is 16.2. The SMILES string of the molecule is Cc1cc(Br)c(NC(=O)C2(C(=O)O)CC2)cc1Cl. The topological polar surface area (TPSA) is 66.4 Å². The summed E-state index contributed by atoms with van der Waals surface area (Å²) in [5, 5.41) is 12.2. The molecule has 1 amide bonds. The first kappa shape index (κ1) is 13.4. The van der Waals surface area contributed by atoms with E-state index in [1.54, 1.807) is 12.1 Å². The number of carbonyl (C=O) groups is 2. The summed E-state index contributed by atoms with van der Waals surface area (Å²) >= 11 is 9.29. The Kier molecular flexibility index (Phi) is 3.38. The zero-order chi connectivity index (χ0) is 13.5. The fraction of sp³-hybridized carbons (Fsp3) is 0.333. The minimum Gasteiger partial charge on any atom is -0.480 e. The first-order valence-electron chi connectivity index (χ1n) is 5.37. The molecule has 18 heavy (non-hydrogen) atoms. The molecule has 4 nitrogen and oxygen atoms in total. The number of hydrogen-bond acceptors (Lipinski definition) is 2. The van der Waals surface area contributed by atoms with Crippen LogP contribution in [0.1, 0.15) is 18.4 Å². The van der Waals surface area contributed by atoms with E-state index in [0.717, 1.165) is 5.56 Å². The van der Waals surface area contributed by atoms with Crippen molar-refractivity contribution in [2.75, 3.05) is 5.32 Å². The van der Waals surface area contributed by atoms with E-state index in [1.165, 1.54) is 0 Å². The second-order valence-corrected chi connectivity index (χ2v) is 5.68. The highest BCUT2D eigenvalue weighted by Gasteiger charge is 2.57. The summed E-state index contributed by atoms with van der Waals surface area (Å²) in [6.45, 7) is 1.85. The molecular weight excluding hydrogens is 321 g/mol. The van der Waals surface area contributed by atoms with Crippen LogP contribution >= 0.6 is 27.5 Å². The van der Waals surface area contributed by atoms with E-state index in [2.05, 4.69) is 21.2 Å². The van der Waals surface area contributed by atoms with Crippen LogP contribution in [0, 0.1) is 12.3 Å². The van der Waals surface area contributed by atoms with Gasteiger partial charge in [-0.2, -0.15) is 0 Å². The molecule has 1 aromatic rings. The van der Waals surface area contributed by atoms with Crippen molar-refractivity contribution in [3.05, 3.63) is 27.2 Å². The lowest BCUT2D eigenvalue weighted by Crippen LogP contribution is -2.31. The van der Waals surface area contributed by atoms with E-state index in [1.807, 2.05) is 6.92 Å². The number of amides is 1. The Morgan fingerprint density at radius 1 is 1.44 bits per heavy atom. The lowest BCUT2D eigenvalue weighted by atomic mass is 10.1. The van der Waals surface area contributed by atoms with Crippen molar-refractivity contribution in [1.29, 1.82) is 0 Å². The van der Waals surface area contributed by atoms with Crippen molar-refractivity contribution in [2.24, 2.45) is 5.41 Å². The molecule has 1 aliphatic rings. The van der Waals surface area contributed by atoms with E-state index in [9.17, 15) is 9.59 Å². The number of carbonyl (C=O) groups excluding carboxylic acids is 1. The Morgan fingerprint density at radius 3 is 2.56 bits per heavy atom. The molecular formula is C12H11BrClNO3. The van der Waals surface area contributed by atoms with Crippen LogP contribution in [0.5, 0.6) is 0 Å². The highest BCUT2D eigenvalue weighted by Crippen LogP contribution is 2.47. The van der Waals surface area contributed by atoms with E-state index < -0.39 is 17.3 Å². The largest absolute Gasteiger partial charge is 0.480 e. The molecule has 2 N–H and O–H groups in total. The molecule has 1 fully saturated rings. The number of aryl methyl sites for hydroxylation is 1. The Balaban J connectivity index is 2.23. The van der Waals surface area contributed by atoms with Gasteiger partial charge in [0.15, 0.2) is 0 Å². The zero-order valence-electron chi connectivity index (χ0n) is 9.59. The molecule has 2 rings (SSSR count). The van der Waals surface area contributed by atoms with Crippen LogP contribution in [-0.2, 0) is 9.59 Å². The third-order valence-corrected chi connectivity index (χ3v) is 4.15. The van der Waals surface area contributed by atoms with Crippen molar-refractivity contribution in [2.45, 2.75) is 19.8 Å². The van der Waals surface area contributed by atoms with Crippen LogP contribution in [0.4, 0.5) is 5.69 Å². The molecule has 0 spiro atoms. The number of carboxylic acid groups (broad SMARTS) is 1. The van der Waals surface area contributed by atoms with E-state index in [4.69, 9.17) is 16.7 Å². The van der Waals surface area contributed by atoms with Crippen molar-refractivity contribution >= 4 is 45.1 Å². The van der Waals surface area contributed by atoms with Crippen LogP contribution in [0.25, 0.3) is 0 Å². The van der Waals surface area contributed by atoms with E-state index in [-0.39, 0.29) is 0 Å². The Bertz CT molecular complexity index is 540. The summed E-state index contributed by atoms with van der Waals surface area (Å²) < 4.78 is 0.680. The Morgan fingerprint density at radius 2 is 2.06 bits per heavy atom. The van der Waals surface area contributed by atoms with E-state index in [0.29, 0.717) is 28.0 Å². The predicted molar refractivity (Wildman–Crippen MR) is 71.8 cm³/mol. The maximum absolute atomic E-state index is 11.9.